The first-order chi connectivity index (χ1) is 7.48. The molecule has 0 aromatic rings. The summed E-state index contributed by atoms with van der Waals surface area (Å²) in [6, 6.07) is 0. The molecule has 102 valence electrons. The van der Waals surface area contributed by atoms with Crippen molar-refractivity contribution < 1.29 is 18.4 Å². The number of likely N-dealkylation sites (N-methyl/N-ethyl adjacent to an activating group) is 1. The van der Waals surface area contributed by atoms with Crippen molar-refractivity contribution in [3.63, 3.8) is 0 Å². The van der Waals surface area contributed by atoms with Gasteiger partial charge in [0.05, 0.1) is 6.54 Å². The van der Waals surface area contributed by atoms with E-state index in [1.165, 1.54) is 14.1 Å². The topological polar surface area (TPSA) is 49.4 Å². The Bertz CT molecular complexity index is 250. The Hall–Kier alpha value is -0.910. The van der Waals surface area contributed by atoms with Crippen LogP contribution in [0.15, 0.2) is 0 Å². The van der Waals surface area contributed by atoms with Gasteiger partial charge in [-0.3, -0.25) is 9.59 Å². The zero-order chi connectivity index (χ0) is 14.2. The van der Waals surface area contributed by atoms with Gasteiger partial charge in [0.2, 0.25) is 5.91 Å². The summed E-state index contributed by atoms with van der Waals surface area (Å²) in [5, 5.41) is -2.27. The number of halogens is 3. The number of hydrogen-bond donors (Lipinski definition) is 1. The van der Waals surface area contributed by atoms with Gasteiger partial charge in [-0.2, -0.15) is 8.78 Å². The van der Waals surface area contributed by atoms with Crippen LogP contribution in [0.5, 0.6) is 0 Å². The van der Waals surface area contributed by atoms with E-state index in [1.54, 1.807) is 5.32 Å². The summed E-state index contributed by atoms with van der Waals surface area (Å²) in [5.41, 5.74) is 0. The van der Waals surface area contributed by atoms with E-state index < -0.39 is 23.7 Å². The van der Waals surface area contributed by atoms with Crippen LogP contribution in [0.25, 0.3) is 0 Å². The zero-order valence-electron chi connectivity index (χ0n) is 10.7. The maximum Gasteiger partial charge on any atom is 0.399 e. The average Bonchev–Trinajstić information content (AvgIpc) is 2.10. The average molecular weight is 273 g/mol. The molecule has 0 spiro atoms. The highest BCUT2D eigenvalue weighted by atomic mass is 35.5. The standard InChI is InChI=1S/C6H9ClF2N2O2.C4H10/c1-11(2)4(12)3-10-5(13)6(7,8)9;1-4(2)3/h3H2,1-2H3,(H,10,13);4H,1-3H3. The van der Waals surface area contributed by atoms with Gasteiger partial charge in [0.25, 0.3) is 0 Å². The van der Waals surface area contributed by atoms with E-state index >= 15 is 0 Å². The molecule has 0 saturated heterocycles. The first kappa shape index (κ1) is 18.5. The number of carbonyl (C=O) groups excluding carboxylic acids is 2. The number of rotatable bonds is 3. The molecule has 0 fully saturated rings. The Morgan fingerprint density at radius 2 is 1.65 bits per heavy atom. The van der Waals surface area contributed by atoms with Crippen molar-refractivity contribution >= 4 is 23.4 Å². The van der Waals surface area contributed by atoms with Crippen LogP contribution < -0.4 is 5.32 Å². The Kier molecular flexibility index (Phi) is 8.92. The number of hydrogen-bond acceptors (Lipinski definition) is 2. The minimum absolute atomic E-state index is 0.491. The van der Waals surface area contributed by atoms with Gasteiger partial charge in [-0.1, -0.05) is 20.8 Å². The fourth-order valence-corrected chi connectivity index (χ4v) is 0.481. The molecule has 0 aromatic carbocycles. The van der Waals surface area contributed by atoms with Crippen molar-refractivity contribution in [2.75, 3.05) is 20.6 Å². The van der Waals surface area contributed by atoms with Crippen LogP contribution in [-0.2, 0) is 9.59 Å². The summed E-state index contributed by atoms with van der Waals surface area (Å²) < 4.78 is 24.0. The lowest BCUT2D eigenvalue weighted by molar-refractivity contribution is -0.138. The van der Waals surface area contributed by atoms with E-state index in [9.17, 15) is 18.4 Å². The molecule has 0 unspecified atom stereocenters. The second kappa shape index (κ2) is 8.22. The summed E-state index contributed by atoms with van der Waals surface area (Å²) in [6.07, 6.45) is 0. The Balaban J connectivity index is 0. The number of nitrogens with one attached hydrogen (secondary N) is 1. The third-order valence-electron chi connectivity index (χ3n) is 1.16. The summed E-state index contributed by atoms with van der Waals surface area (Å²) in [6.45, 7) is 6.01. The lowest BCUT2D eigenvalue weighted by atomic mass is 10.3. The molecule has 0 heterocycles. The van der Waals surface area contributed by atoms with Crippen molar-refractivity contribution in [1.82, 2.24) is 10.2 Å². The quantitative estimate of drug-likeness (QED) is 0.795. The third-order valence-corrected chi connectivity index (χ3v) is 1.33. The lowest BCUT2D eigenvalue weighted by Gasteiger charge is -2.12. The van der Waals surface area contributed by atoms with E-state index in [4.69, 9.17) is 0 Å². The van der Waals surface area contributed by atoms with Gasteiger partial charge in [0.1, 0.15) is 0 Å². The molecule has 0 radical (unpaired) electrons. The van der Waals surface area contributed by atoms with Crippen LogP contribution in [0, 0.1) is 5.92 Å². The van der Waals surface area contributed by atoms with Crippen molar-refractivity contribution in [1.29, 1.82) is 0 Å². The lowest BCUT2D eigenvalue weighted by Crippen LogP contribution is -2.42. The van der Waals surface area contributed by atoms with E-state index in [1.807, 2.05) is 0 Å². The van der Waals surface area contributed by atoms with E-state index in [2.05, 4.69) is 32.4 Å². The number of nitrogens with zero attached hydrogens (tertiary/aromatic N) is 1. The summed E-state index contributed by atoms with van der Waals surface area (Å²) in [4.78, 5) is 22.4. The van der Waals surface area contributed by atoms with Crippen LogP contribution in [0.2, 0.25) is 0 Å². The molecule has 0 aromatic heterocycles. The van der Waals surface area contributed by atoms with Gasteiger partial charge in [-0.25, -0.2) is 0 Å². The van der Waals surface area contributed by atoms with Crippen LogP contribution in [0.1, 0.15) is 20.8 Å². The smallest absolute Gasteiger partial charge is 0.347 e. The minimum atomic E-state index is -3.97. The van der Waals surface area contributed by atoms with E-state index in [-0.39, 0.29) is 0 Å². The van der Waals surface area contributed by atoms with Gasteiger partial charge >= 0.3 is 11.3 Å². The summed E-state index contributed by atoms with van der Waals surface area (Å²) in [7, 11) is 2.88. The number of amides is 2. The molecule has 0 saturated carbocycles. The first-order valence-corrected chi connectivity index (χ1v) is 5.41. The first-order valence-electron chi connectivity index (χ1n) is 5.03. The fourth-order valence-electron chi connectivity index (χ4n) is 0.414. The van der Waals surface area contributed by atoms with Crippen molar-refractivity contribution in [3.05, 3.63) is 0 Å². The zero-order valence-corrected chi connectivity index (χ0v) is 11.4. The Labute approximate surface area is 105 Å². The predicted molar refractivity (Wildman–Crippen MR) is 63.0 cm³/mol. The molecule has 0 atom stereocenters. The normalized spacial score (nSPS) is 10.4. The fraction of sp³-hybridized carbons (Fsp3) is 0.800. The molecular weight excluding hydrogens is 254 g/mol. The van der Waals surface area contributed by atoms with Crippen LogP contribution >= 0.6 is 11.6 Å². The monoisotopic (exact) mass is 272 g/mol. The highest BCUT2D eigenvalue weighted by Gasteiger charge is 2.35. The summed E-state index contributed by atoms with van der Waals surface area (Å²) in [5.74, 6) is -1.33. The molecule has 4 nitrogen and oxygen atoms in total. The van der Waals surface area contributed by atoms with Crippen molar-refractivity contribution in [2.45, 2.75) is 26.2 Å². The van der Waals surface area contributed by atoms with E-state index in [0.29, 0.717) is 0 Å². The van der Waals surface area contributed by atoms with Gasteiger partial charge in [-0.05, 0) is 17.5 Å². The van der Waals surface area contributed by atoms with Crippen molar-refractivity contribution in [2.24, 2.45) is 5.92 Å². The van der Waals surface area contributed by atoms with Crippen molar-refractivity contribution in [3.8, 4) is 0 Å². The number of alkyl halides is 3. The largest absolute Gasteiger partial charge is 0.399 e. The van der Waals surface area contributed by atoms with Gasteiger partial charge in [-0.15, -0.1) is 0 Å². The van der Waals surface area contributed by atoms with E-state index in [0.717, 1.165) is 10.8 Å². The van der Waals surface area contributed by atoms with Gasteiger partial charge in [0, 0.05) is 14.1 Å². The minimum Gasteiger partial charge on any atom is -0.347 e. The highest BCUT2D eigenvalue weighted by Crippen LogP contribution is 2.17. The molecule has 2 amide bonds. The SMILES string of the molecule is CC(C)C.CN(C)C(=O)CNC(=O)C(F)(F)Cl. The molecule has 17 heavy (non-hydrogen) atoms. The molecule has 7 heteroatoms. The maximum atomic E-state index is 12.0. The number of carbonyl (C=O) groups is 2. The summed E-state index contributed by atoms with van der Waals surface area (Å²) >= 11 is 4.38. The van der Waals surface area contributed by atoms with Crippen LogP contribution in [-0.4, -0.2) is 42.7 Å². The Morgan fingerprint density at radius 1 is 1.29 bits per heavy atom. The molecule has 0 aliphatic heterocycles. The molecule has 0 aliphatic carbocycles. The molecule has 0 aliphatic rings. The molecule has 0 bridgehead atoms. The molecule has 0 rings (SSSR count). The Morgan fingerprint density at radius 3 is 1.88 bits per heavy atom. The van der Waals surface area contributed by atoms with Crippen LogP contribution in [0.4, 0.5) is 8.78 Å². The maximum absolute atomic E-state index is 12.0. The van der Waals surface area contributed by atoms with Crippen LogP contribution in [0.3, 0.4) is 0 Å². The second-order valence-electron chi connectivity index (χ2n) is 4.20. The highest BCUT2D eigenvalue weighted by molar-refractivity contribution is 6.32. The van der Waals surface area contributed by atoms with Gasteiger partial charge < -0.3 is 10.2 Å². The second-order valence-corrected chi connectivity index (χ2v) is 4.68. The molecular formula is C10H19ClF2N2O2. The molecule has 1 N–H and O–H groups in total. The predicted octanol–water partition coefficient (Wildman–Crippen LogP) is 1.68. The van der Waals surface area contributed by atoms with Gasteiger partial charge in [0.15, 0.2) is 0 Å². The third kappa shape index (κ3) is 13.0.